The molecule has 2 heteroatoms. The molecule has 0 heterocycles. The molecule has 0 saturated carbocycles. The highest BCUT2D eigenvalue weighted by Crippen LogP contribution is 2.67. The molecule has 0 aromatic heterocycles. The second-order valence-corrected chi connectivity index (χ2v) is 28.5. The van der Waals surface area contributed by atoms with Crippen molar-refractivity contribution in [2.45, 2.75) is 62.7 Å². The van der Waals surface area contributed by atoms with Gasteiger partial charge in [0.15, 0.2) is 0 Å². The molecular formula is C94H68N2. The molecule has 6 aliphatic rings. The standard InChI is InChI=1S/C94H68N2/c1-58-42-47-68-69-48-43-59(2)53-86(69)94(85(68)52-58)79-37-21-14-30-67(79)74-56-64(46-51-82(74)94)96(62-26-10-7-11-27-62)88-41-23-39-84-90(88)71-32-16-18-34-76(71)92(84,5)57-60-44-49-80-72(54-60)65-28-12-19-35-77(65)93(80)78-36-20-13-29-66(78)73-55-63(45-50-81(73)93)95(61-24-8-6-9-25-61)87-40-22-38-83-89(87)70-31-15-17-33-75(70)91(83,3)4/h6-56H,57H2,1-5H3. The Labute approximate surface area is 562 Å². The van der Waals surface area contributed by atoms with Crippen LogP contribution in [0.2, 0.25) is 0 Å². The molecule has 14 aromatic carbocycles. The zero-order chi connectivity index (χ0) is 64.0. The van der Waals surface area contributed by atoms with Crippen molar-refractivity contribution < 1.29 is 0 Å². The quantitative estimate of drug-likeness (QED) is 0.150. The van der Waals surface area contributed by atoms with E-state index in [0.29, 0.717) is 0 Å². The summed E-state index contributed by atoms with van der Waals surface area (Å²) in [6.45, 7) is 11.7. The first-order chi connectivity index (χ1) is 47.1. The second-order valence-electron chi connectivity index (χ2n) is 28.5. The summed E-state index contributed by atoms with van der Waals surface area (Å²) in [7, 11) is 0. The first-order valence-electron chi connectivity index (χ1n) is 34.2. The minimum atomic E-state index is -0.514. The second kappa shape index (κ2) is 19.9. The first-order valence-corrected chi connectivity index (χ1v) is 34.2. The van der Waals surface area contributed by atoms with Gasteiger partial charge in [-0.1, -0.05) is 281 Å². The molecule has 0 saturated heterocycles. The molecule has 454 valence electrons. The first kappa shape index (κ1) is 55.2. The van der Waals surface area contributed by atoms with Gasteiger partial charge < -0.3 is 9.80 Å². The molecule has 0 radical (unpaired) electrons. The number of aryl methyl sites for hydroxylation is 2. The normalized spacial score (nSPS) is 17.1. The van der Waals surface area contributed by atoms with Crippen LogP contribution in [0.3, 0.4) is 0 Å². The van der Waals surface area contributed by atoms with Crippen LogP contribution in [0.4, 0.5) is 34.1 Å². The minimum absolute atomic E-state index is 0.130. The Kier molecular flexibility index (Phi) is 11.4. The van der Waals surface area contributed by atoms with Crippen LogP contribution in [0.1, 0.15) is 104 Å². The Morgan fingerprint density at radius 3 is 1.11 bits per heavy atom. The third-order valence-electron chi connectivity index (χ3n) is 23.2. The number of hydrogen-bond donors (Lipinski definition) is 0. The van der Waals surface area contributed by atoms with Crippen molar-refractivity contribution in [2.24, 2.45) is 0 Å². The predicted molar refractivity (Wildman–Crippen MR) is 397 cm³/mol. The van der Waals surface area contributed by atoms with Gasteiger partial charge in [-0.2, -0.15) is 0 Å². The lowest BCUT2D eigenvalue weighted by atomic mass is 9.70. The Morgan fingerprint density at radius 2 is 0.604 bits per heavy atom. The molecular weight excluding hydrogens is 1160 g/mol. The van der Waals surface area contributed by atoms with Crippen molar-refractivity contribution in [1.82, 2.24) is 0 Å². The molecule has 6 aliphatic carbocycles. The number of benzene rings is 14. The van der Waals surface area contributed by atoms with Crippen molar-refractivity contribution in [3.63, 3.8) is 0 Å². The largest absolute Gasteiger partial charge is 0.310 e. The third-order valence-corrected chi connectivity index (χ3v) is 23.2. The molecule has 20 rings (SSSR count). The van der Waals surface area contributed by atoms with Crippen molar-refractivity contribution in [2.75, 3.05) is 9.80 Å². The molecule has 0 aliphatic heterocycles. The molecule has 96 heavy (non-hydrogen) atoms. The van der Waals surface area contributed by atoms with Gasteiger partial charge in [-0.3, -0.25) is 0 Å². The van der Waals surface area contributed by atoms with Gasteiger partial charge in [0.05, 0.1) is 22.2 Å². The van der Waals surface area contributed by atoms with Crippen molar-refractivity contribution >= 4 is 34.1 Å². The summed E-state index contributed by atoms with van der Waals surface area (Å²) in [5.41, 5.74) is 41.3. The fourth-order valence-corrected chi connectivity index (χ4v) is 19.3. The Bertz CT molecular complexity index is 5620. The predicted octanol–water partition coefficient (Wildman–Crippen LogP) is 23.8. The van der Waals surface area contributed by atoms with Crippen LogP contribution < -0.4 is 9.80 Å². The van der Waals surface area contributed by atoms with Crippen LogP contribution in [-0.4, -0.2) is 0 Å². The van der Waals surface area contributed by atoms with Crippen molar-refractivity contribution in [3.05, 3.63) is 393 Å². The van der Waals surface area contributed by atoms with Gasteiger partial charge in [-0.05, 0) is 209 Å². The highest BCUT2D eigenvalue weighted by molar-refractivity contribution is 6.02. The zero-order valence-corrected chi connectivity index (χ0v) is 54.5. The third kappa shape index (κ3) is 7.15. The molecule has 0 amide bonds. The topological polar surface area (TPSA) is 6.48 Å². The number of nitrogens with zero attached hydrogens (tertiary/aromatic N) is 2. The lowest BCUT2D eigenvalue weighted by Gasteiger charge is -2.32. The van der Waals surface area contributed by atoms with E-state index in [1.54, 1.807) is 0 Å². The Morgan fingerprint density at radius 1 is 0.240 bits per heavy atom. The number of hydrogen-bond acceptors (Lipinski definition) is 2. The van der Waals surface area contributed by atoms with E-state index >= 15 is 0 Å². The monoisotopic (exact) mass is 1220 g/mol. The zero-order valence-electron chi connectivity index (χ0n) is 54.5. The summed E-state index contributed by atoms with van der Waals surface area (Å²) >= 11 is 0. The average molecular weight is 1230 g/mol. The van der Waals surface area contributed by atoms with Crippen LogP contribution in [0, 0.1) is 13.8 Å². The van der Waals surface area contributed by atoms with Crippen LogP contribution in [0.15, 0.2) is 309 Å². The van der Waals surface area contributed by atoms with Gasteiger partial charge in [0.25, 0.3) is 0 Å². The van der Waals surface area contributed by atoms with Gasteiger partial charge in [0, 0.05) is 44.7 Å². The Hall–Kier alpha value is -11.3. The summed E-state index contributed by atoms with van der Waals surface area (Å²) < 4.78 is 0. The maximum absolute atomic E-state index is 2.56. The summed E-state index contributed by atoms with van der Waals surface area (Å²) in [6.07, 6.45) is 0.824. The van der Waals surface area contributed by atoms with E-state index in [0.717, 1.165) is 29.2 Å². The summed E-state index contributed by atoms with van der Waals surface area (Å²) in [6, 6.07) is 119. The van der Waals surface area contributed by atoms with E-state index in [-0.39, 0.29) is 10.8 Å². The molecule has 0 bridgehead atoms. The van der Waals surface area contributed by atoms with E-state index < -0.39 is 10.8 Å². The molecule has 0 N–H and O–H groups in total. The van der Waals surface area contributed by atoms with E-state index in [9.17, 15) is 0 Å². The van der Waals surface area contributed by atoms with E-state index in [2.05, 4.69) is 354 Å². The van der Waals surface area contributed by atoms with Crippen LogP contribution >= 0.6 is 0 Å². The molecule has 2 spiro atoms. The molecule has 14 aromatic rings. The van der Waals surface area contributed by atoms with E-state index in [1.807, 2.05) is 0 Å². The summed E-state index contributed by atoms with van der Waals surface area (Å²) in [5.74, 6) is 0. The fourth-order valence-electron chi connectivity index (χ4n) is 19.3. The van der Waals surface area contributed by atoms with Crippen LogP contribution in [-0.2, 0) is 28.1 Å². The minimum Gasteiger partial charge on any atom is -0.310 e. The van der Waals surface area contributed by atoms with Crippen molar-refractivity contribution in [3.8, 4) is 66.8 Å². The average Bonchev–Trinajstić information content (AvgIpc) is 1.50. The van der Waals surface area contributed by atoms with Gasteiger partial charge in [-0.25, -0.2) is 0 Å². The molecule has 0 fully saturated rings. The SMILES string of the molecule is Cc1ccc2c(c1)C1(c3ccccc3-c3cc(N(c4ccccc4)c4cccc5c4-c4ccccc4C5(C)Cc4ccc5c(c4)-c4ccccc4C54c5ccccc5-c5cc(N(c6ccccc6)c6cccc7c6-c6ccccc6C7(C)C)ccc54)ccc31)c1cc(C)ccc1-2. The van der Waals surface area contributed by atoms with Crippen LogP contribution in [0.25, 0.3) is 66.8 Å². The van der Waals surface area contributed by atoms with E-state index in [4.69, 9.17) is 0 Å². The van der Waals surface area contributed by atoms with Gasteiger partial charge in [0.2, 0.25) is 0 Å². The lowest BCUT2D eigenvalue weighted by molar-refractivity contribution is 0.583. The number of rotatable bonds is 8. The fraction of sp³-hybridized carbons (Fsp3) is 0.106. The highest BCUT2D eigenvalue weighted by Gasteiger charge is 2.54. The summed E-state index contributed by atoms with van der Waals surface area (Å²) in [4.78, 5) is 5.05. The maximum Gasteiger partial charge on any atom is 0.0725 e. The molecule has 2 unspecified atom stereocenters. The van der Waals surface area contributed by atoms with Gasteiger partial charge in [-0.15, -0.1) is 0 Å². The summed E-state index contributed by atoms with van der Waals surface area (Å²) in [5, 5.41) is 0. The van der Waals surface area contributed by atoms with Crippen molar-refractivity contribution in [1.29, 1.82) is 0 Å². The molecule has 2 atom stereocenters. The number of anilines is 6. The van der Waals surface area contributed by atoms with Gasteiger partial charge in [0.1, 0.15) is 0 Å². The lowest BCUT2D eigenvalue weighted by Crippen LogP contribution is -2.26. The highest BCUT2D eigenvalue weighted by atomic mass is 15.2. The number of para-hydroxylation sites is 2. The molecule has 2 nitrogen and oxygen atoms in total. The maximum atomic E-state index is 2.56. The van der Waals surface area contributed by atoms with Gasteiger partial charge >= 0.3 is 0 Å². The van der Waals surface area contributed by atoms with Crippen LogP contribution in [0.5, 0.6) is 0 Å². The van der Waals surface area contributed by atoms with E-state index in [1.165, 1.54) is 162 Å². The smallest absolute Gasteiger partial charge is 0.0725 e. The Balaban J connectivity index is 0.715. The number of fused-ring (bicyclic) bond motifs is 26.